The Bertz CT molecular complexity index is 1160. The van der Waals surface area contributed by atoms with E-state index in [4.69, 9.17) is 0 Å². The van der Waals surface area contributed by atoms with Crippen LogP contribution in [-0.4, -0.2) is 56.5 Å². The third kappa shape index (κ3) is 4.32. The SMILES string of the molecule is CC(C)c1ccc([C@](O)(c2cncc(-c3cc(C4CCC(O)CC4)[nH]n3)c2)C2(C)CN(C)C2)cc1. The second-order valence-corrected chi connectivity index (χ2v) is 11.4. The minimum absolute atomic E-state index is 0.172. The van der Waals surface area contributed by atoms with Gasteiger partial charge in [0, 0.05) is 53.6 Å². The third-order valence-corrected chi connectivity index (χ3v) is 8.29. The zero-order valence-corrected chi connectivity index (χ0v) is 21.3. The van der Waals surface area contributed by atoms with Gasteiger partial charge in [-0.1, -0.05) is 45.0 Å². The van der Waals surface area contributed by atoms with Crippen LogP contribution in [0.15, 0.2) is 48.8 Å². The second kappa shape index (κ2) is 9.16. The largest absolute Gasteiger partial charge is 0.393 e. The summed E-state index contributed by atoms with van der Waals surface area (Å²) in [6, 6.07) is 12.6. The van der Waals surface area contributed by atoms with Crippen LogP contribution in [-0.2, 0) is 5.60 Å². The van der Waals surface area contributed by atoms with Crippen molar-refractivity contribution >= 4 is 0 Å². The molecule has 3 heterocycles. The molecule has 1 atom stereocenters. The second-order valence-electron chi connectivity index (χ2n) is 11.4. The van der Waals surface area contributed by atoms with Crippen LogP contribution < -0.4 is 0 Å². The van der Waals surface area contributed by atoms with E-state index in [9.17, 15) is 10.2 Å². The molecule has 1 saturated carbocycles. The molecule has 0 spiro atoms. The summed E-state index contributed by atoms with van der Waals surface area (Å²) in [7, 11) is 2.09. The maximum atomic E-state index is 12.5. The van der Waals surface area contributed by atoms with Gasteiger partial charge in [0.25, 0.3) is 0 Å². The first kappa shape index (κ1) is 24.2. The number of rotatable bonds is 6. The lowest BCUT2D eigenvalue weighted by Crippen LogP contribution is -2.63. The highest BCUT2D eigenvalue weighted by Crippen LogP contribution is 2.50. The molecule has 1 aliphatic heterocycles. The van der Waals surface area contributed by atoms with Gasteiger partial charge in [0.05, 0.1) is 11.8 Å². The van der Waals surface area contributed by atoms with Gasteiger partial charge < -0.3 is 15.1 Å². The quantitative estimate of drug-likeness (QED) is 0.478. The summed E-state index contributed by atoms with van der Waals surface area (Å²) in [5.74, 6) is 0.838. The highest BCUT2D eigenvalue weighted by molar-refractivity contribution is 5.60. The number of aliphatic hydroxyl groups excluding tert-OH is 1. The fraction of sp³-hybridized carbons (Fsp3) is 0.517. The van der Waals surface area contributed by atoms with E-state index in [0.29, 0.717) is 11.8 Å². The Hall–Kier alpha value is -2.54. The molecule has 5 rings (SSSR count). The number of pyridine rings is 1. The van der Waals surface area contributed by atoms with E-state index < -0.39 is 5.60 Å². The summed E-state index contributed by atoms with van der Waals surface area (Å²) in [5, 5.41) is 30.1. The molecule has 0 radical (unpaired) electrons. The summed E-state index contributed by atoms with van der Waals surface area (Å²) in [6.07, 6.45) is 7.08. The summed E-state index contributed by atoms with van der Waals surface area (Å²) in [6.45, 7) is 8.15. The Morgan fingerprint density at radius 2 is 1.71 bits per heavy atom. The molecule has 2 aliphatic rings. The Labute approximate surface area is 208 Å². The van der Waals surface area contributed by atoms with Crippen molar-refractivity contribution in [1.82, 2.24) is 20.1 Å². The van der Waals surface area contributed by atoms with Crippen molar-refractivity contribution in [2.45, 2.75) is 70.0 Å². The van der Waals surface area contributed by atoms with Gasteiger partial charge in [-0.15, -0.1) is 0 Å². The van der Waals surface area contributed by atoms with Crippen LogP contribution in [0.25, 0.3) is 11.3 Å². The van der Waals surface area contributed by atoms with E-state index in [-0.39, 0.29) is 11.5 Å². The zero-order chi connectivity index (χ0) is 24.8. The molecule has 1 aliphatic carbocycles. The van der Waals surface area contributed by atoms with Crippen molar-refractivity contribution < 1.29 is 10.2 Å². The maximum absolute atomic E-state index is 12.5. The molecule has 0 amide bonds. The van der Waals surface area contributed by atoms with E-state index >= 15 is 0 Å². The van der Waals surface area contributed by atoms with Gasteiger partial charge in [0.2, 0.25) is 0 Å². The predicted molar refractivity (Wildman–Crippen MR) is 138 cm³/mol. The van der Waals surface area contributed by atoms with Crippen molar-refractivity contribution in [3.05, 3.63) is 71.2 Å². The van der Waals surface area contributed by atoms with Crippen LogP contribution in [0.3, 0.4) is 0 Å². The molecule has 2 fully saturated rings. The van der Waals surface area contributed by atoms with Gasteiger partial charge in [-0.2, -0.15) is 5.10 Å². The maximum Gasteiger partial charge on any atom is 0.124 e. The number of aromatic nitrogens is 3. The van der Waals surface area contributed by atoms with E-state index in [1.165, 1.54) is 5.56 Å². The van der Waals surface area contributed by atoms with Crippen molar-refractivity contribution in [3.8, 4) is 11.3 Å². The van der Waals surface area contributed by atoms with E-state index in [0.717, 1.165) is 66.9 Å². The summed E-state index contributed by atoms with van der Waals surface area (Å²) in [4.78, 5) is 6.80. The lowest BCUT2D eigenvalue weighted by molar-refractivity contribution is -0.127. The molecule has 6 nitrogen and oxygen atoms in total. The van der Waals surface area contributed by atoms with Crippen LogP contribution in [0.4, 0.5) is 0 Å². The molecule has 2 aromatic heterocycles. The number of aromatic amines is 1. The van der Waals surface area contributed by atoms with Gasteiger partial charge in [-0.3, -0.25) is 10.1 Å². The molecule has 1 aromatic carbocycles. The Kier molecular flexibility index (Phi) is 6.32. The Balaban J connectivity index is 1.50. The molecule has 186 valence electrons. The molecule has 3 N–H and O–H groups in total. The molecule has 0 bridgehead atoms. The van der Waals surface area contributed by atoms with Gasteiger partial charge in [-0.25, -0.2) is 0 Å². The van der Waals surface area contributed by atoms with Gasteiger partial charge in [0.1, 0.15) is 5.60 Å². The van der Waals surface area contributed by atoms with Crippen molar-refractivity contribution in [1.29, 1.82) is 0 Å². The Morgan fingerprint density at radius 1 is 1.03 bits per heavy atom. The topological polar surface area (TPSA) is 85.3 Å². The average molecular weight is 475 g/mol. The highest BCUT2D eigenvalue weighted by Gasteiger charge is 2.55. The van der Waals surface area contributed by atoms with Gasteiger partial charge in [0.15, 0.2) is 0 Å². The number of hydrogen-bond acceptors (Lipinski definition) is 5. The van der Waals surface area contributed by atoms with E-state index in [1.54, 1.807) is 6.20 Å². The van der Waals surface area contributed by atoms with E-state index in [1.807, 2.05) is 6.20 Å². The van der Waals surface area contributed by atoms with E-state index in [2.05, 4.69) is 84.3 Å². The monoisotopic (exact) mass is 474 g/mol. The molecule has 3 aromatic rings. The number of aliphatic hydroxyl groups is 2. The van der Waals surface area contributed by atoms with Crippen LogP contribution in [0.1, 0.15) is 80.7 Å². The lowest BCUT2D eigenvalue weighted by Gasteiger charge is -2.55. The summed E-state index contributed by atoms with van der Waals surface area (Å²) >= 11 is 0. The highest BCUT2D eigenvalue weighted by atomic mass is 16.3. The fourth-order valence-corrected chi connectivity index (χ4v) is 6.21. The van der Waals surface area contributed by atoms with Crippen LogP contribution in [0.5, 0.6) is 0 Å². The first-order chi connectivity index (χ1) is 16.7. The number of nitrogens with one attached hydrogen (secondary N) is 1. The fourth-order valence-electron chi connectivity index (χ4n) is 6.21. The number of H-pyrrole nitrogens is 1. The van der Waals surface area contributed by atoms with Crippen molar-refractivity contribution in [3.63, 3.8) is 0 Å². The number of nitrogens with zero attached hydrogens (tertiary/aromatic N) is 3. The standard InChI is InChI=1S/C29H38N4O2/c1-19(2)20-5-9-23(10-6-20)29(35,28(3)17-33(4)18-28)24-13-22(15-30-16-24)27-14-26(31-32-27)21-7-11-25(34)12-8-21/h5-6,9-10,13-16,19,21,25,34-35H,7-8,11-12,17-18H2,1-4H3,(H,31,32)/t21?,25?,29-/m0/s1. The van der Waals surface area contributed by atoms with Crippen LogP contribution in [0, 0.1) is 5.41 Å². The summed E-state index contributed by atoms with van der Waals surface area (Å²) < 4.78 is 0. The van der Waals surface area contributed by atoms with Crippen molar-refractivity contribution in [2.24, 2.45) is 5.41 Å². The Morgan fingerprint density at radius 3 is 2.34 bits per heavy atom. The first-order valence-corrected chi connectivity index (χ1v) is 12.9. The summed E-state index contributed by atoms with van der Waals surface area (Å²) in [5.41, 5.74) is 4.32. The van der Waals surface area contributed by atoms with Gasteiger partial charge >= 0.3 is 0 Å². The van der Waals surface area contributed by atoms with Crippen LogP contribution >= 0.6 is 0 Å². The lowest BCUT2D eigenvalue weighted by atomic mass is 9.62. The van der Waals surface area contributed by atoms with Crippen LogP contribution in [0.2, 0.25) is 0 Å². The molecule has 35 heavy (non-hydrogen) atoms. The molecular formula is C29H38N4O2. The smallest absolute Gasteiger partial charge is 0.124 e. The minimum Gasteiger partial charge on any atom is -0.393 e. The minimum atomic E-state index is -1.17. The molecule has 0 unspecified atom stereocenters. The van der Waals surface area contributed by atoms with Crippen molar-refractivity contribution in [2.75, 3.05) is 20.1 Å². The zero-order valence-electron chi connectivity index (χ0n) is 21.3. The number of benzene rings is 1. The third-order valence-electron chi connectivity index (χ3n) is 8.29. The average Bonchev–Trinajstić information content (AvgIpc) is 3.33. The normalized spacial score (nSPS) is 24.2. The predicted octanol–water partition coefficient (Wildman–Crippen LogP) is 4.80. The molecule has 6 heteroatoms. The molecular weight excluding hydrogens is 436 g/mol. The number of hydrogen-bond donors (Lipinski definition) is 3. The first-order valence-electron chi connectivity index (χ1n) is 12.9. The van der Waals surface area contributed by atoms with Gasteiger partial charge in [-0.05, 0) is 61.9 Å². The molecule has 1 saturated heterocycles. The number of likely N-dealkylation sites (tertiary alicyclic amines) is 1.